The van der Waals surface area contributed by atoms with E-state index in [1.807, 2.05) is 0 Å². The van der Waals surface area contributed by atoms with E-state index in [4.69, 9.17) is 10.3 Å². The SMILES string of the molecule is NC1CCCCC1Cc1nc(-c2cc(F)cc(F)c2)no1. The predicted molar refractivity (Wildman–Crippen MR) is 73.3 cm³/mol. The summed E-state index contributed by atoms with van der Waals surface area (Å²) in [6.07, 6.45) is 5.00. The topological polar surface area (TPSA) is 64.9 Å². The highest BCUT2D eigenvalue weighted by molar-refractivity contribution is 5.54. The maximum Gasteiger partial charge on any atom is 0.227 e. The van der Waals surface area contributed by atoms with E-state index in [2.05, 4.69) is 10.1 Å². The van der Waals surface area contributed by atoms with E-state index >= 15 is 0 Å². The number of rotatable bonds is 3. The maximum atomic E-state index is 13.2. The molecule has 0 amide bonds. The Bertz CT molecular complexity index is 609. The van der Waals surface area contributed by atoms with E-state index < -0.39 is 11.6 Å². The minimum atomic E-state index is -0.661. The highest BCUT2D eigenvalue weighted by Gasteiger charge is 2.24. The fourth-order valence-corrected chi connectivity index (χ4v) is 2.85. The van der Waals surface area contributed by atoms with Gasteiger partial charge in [0, 0.05) is 24.1 Å². The van der Waals surface area contributed by atoms with Crippen molar-refractivity contribution in [3.8, 4) is 11.4 Å². The lowest BCUT2D eigenvalue weighted by molar-refractivity contribution is 0.273. The zero-order chi connectivity index (χ0) is 14.8. The van der Waals surface area contributed by atoms with Crippen molar-refractivity contribution in [2.75, 3.05) is 0 Å². The molecule has 1 aromatic carbocycles. The Morgan fingerprint density at radius 3 is 2.57 bits per heavy atom. The van der Waals surface area contributed by atoms with Gasteiger partial charge < -0.3 is 10.3 Å². The first-order chi connectivity index (χ1) is 10.1. The normalized spacial score (nSPS) is 22.4. The van der Waals surface area contributed by atoms with Crippen LogP contribution in [0.2, 0.25) is 0 Å². The molecule has 112 valence electrons. The largest absolute Gasteiger partial charge is 0.339 e. The average molecular weight is 293 g/mol. The van der Waals surface area contributed by atoms with Crippen LogP contribution in [0.1, 0.15) is 31.6 Å². The van der Waals surface area contributed by atoms with Crippen LogP contribution < -0.4 is 5.73 Å². The number of benzene rings is 1. The highest BCUT2D eigenvalue weighted by Crippen LogP contribution is 2.26. The molecule has 0 spiro atoms. The van der Waals surface area contributed by atoms with Crippen LogP contribution in [0.3, 0.4) is 0 Å². The minimum Gasteiger partial charge on any atom is -0.339 e. The van der Waals surface area contributed by atoms with Crippen LogP contribution in [-0.2, 0) is 6.42 Å². The lowest BCUT2D eigenvalue weighted by Gasteiger charge is -2.27. The predicted octanol–water partition coefficient (Wildman–Crippen LogP) is 3.07. The van der Waals surface area contributed by atoms with Crippen LogP contribution in [0.5, 0.6) is 0 Å². The van der Waals surface area contributed by atoms with Gasteiger partial charge in [0.2, 0.25) is 11.7 Å². The average Bonchev–Trinajstić information content (AvgIpc) is 2.89. The quantitative estimate of drug-likeness (QED) is 0.944. The summed E-state index contributed by atoms with van der Waals surface area (Å²) in [4.78, 5) is 4.22. The van der Waals surface area contributed by atoms with Crippen molar-refractivity contribution in [3.05, 3.63) is 35.7 Å². The second-order valence-electron chi connectivity index (χ2n) is 5.58. The first-order valence-electron chi connectivity index (χ1n) is 7.16. The lowest BCUT2D eigenvalue weighted by atomic mass is 9.83. The molecule has 1 aliphatic rings. The third-order valence-corrected chi connectivity index (χ3v) is 3.99. The molecule has 0 bridgehead atoms. The second kappa shape index (κ2) is 5.89. The molecule has 0 radical (unpaired) electrons. The summed E-state index contributed by atoms with van der Waals surface area (Å²) in [6, 6.07) is 3.33. The van der Waals surface area contributed by atoms with Gasteiger partial charge in [-0.1, -0.05) is 18.0 Å². The molecular weight excluding hydrogens is 276 g/mol. The van der Waals surface area contributed by atoms with Crippen molar-refractivity contribution in [3.63, 3.8) is 0 Å². The van der Waals surface area contributed by atoms with E-state index in [1.54, 1.807) is 0 Å². The van der Waals surface area contributed by atoms with Gasteiger partial charge in [-0.25, -0.2) is 8.78 Å². The van der Waals surface area contributed by atoms with Gasteiger partial charge in [0.25, 0.3) is 0 Å². The standard InChI is InChI=1S/C15H17F2N3O/c16-11-5-10(6-12(17)8-11)15-19-14(21-20-15)7-9-3-1-2-4-13(9)18/h5-6,8-9,13H,1-4,7,18H2. The van der Waals surface area contributed by atoms with Gasteiger partial charge in [0.05, 0.1) is 0 Å². The van der Waals surface area contributed by atoms with Crippen molar-refractivity contribution < 1.29 is 13.3 Å². The van der Waals surface area contributed by atoms with Crippen LogP contribution in [0.15, 0.2) is 22.7 Å². The van der Waals surface area contributed by atoms with Gasteiger partial charge in [-0.3, -0.25) is 0 Å². The van der Waals surface area contributed by atoms with Crippen molar-refractivity contribution in [2.45, 2.75) is 38.1 Å². The van der Waals surface area contributed by atoms with Gasteiger partial charge in [0.1, 0.15) is 11.6 Å². The number of nitrogens with zero attached hydrogens (tertiary/aromatic N) is 2. The molecular formula is C15H17F2N3O. The molecule has 1 fully saturated rings. The smallest absolute Gasteiger partial charge is 0.227 e. The van der Waals surface area contributed by atoms with Crippen LogP contribution in [-0.4, -0.2) is 16.2 Å². The number of hydrogen-bond acceptors (Lipinski definition) is 4. The molecule has 0 aliphatic heterocycles. The minimum absolute atomic E-state index is 0.153. The van der Waals surface area contributed by atoms with Crippen LogP contribution in [0.4, 0.5) is 8.78 Å². The molecule has 0 saturated heterocycles. The Hall–Kier alpha value is -1.82. The van der Waals surface area contributed by atoms with Crippen molar-refractivity contribution in [1.82, 2.24) is 10.1 Å². The van der Waals surface area contributed by atoms with E-state index in [9.17, 15) is 8.78 Å². The fourth-order valence-electron chi connectivity index (χ4n) is 2.85. The summed E-state index contributed by atoms with van der Waals surface area (Å²) in [6.45, 7) is 0. The number of hydrogen-bond donors (Lipinski definition) is 1. The van der Waals surface area contributed by atoms with Crippen LogP contribution in [0.25, 0.3) is 11.4 Å². The molecule has 6 heteroatoms. The van der Waals surface area contributed by atoms with Gasteiger partial charge in [0.15, 0.2) is 0 Å². The van der Waals surface area contributed by atoms with E-state index in [0.717, 1.165) is 31.7 Å². The molecule has 1 heterocycles. The summed E-state index contributed by atoms with van der Waals surface area (Å²) in [5, 5.41) is 3.80. The summed E-state index contributed by atoms with van der Waals surface area (Å²) in [5.74, 6) is -0.322. The maximum absolute atomic E-state index is 13.2. The van der Waals surface area contributed by atoms with E-state index in [0.29, 0.717) is 18.2 Å². The molecule has 2 N–H and O–H groups in total. The van der Waals surface area contributed by atoms with Crippen molar-refractivity contribution in [1.29, 1.82) is 0 Å². The summed E-state index contributed by atoms with van der Waals surface area (Å²) >= 11 is 0. The molecule has 21 heavy (non-hydrogen) atoms. The summed E-state index contributed by atoms with van der Waals surface area (Å²) in [5.41, 5.74) is 6.37. The summed E-state index contributed by atoms with van der Waals surface area (Å²) < 4.78 is 31.6. The monoisotopic (exact) mass is 293 g/mol. The van der Waals surface area contributed by atoms with Crippen molar-refractivity contribution in [2.24, 2.45) is 11.7 Å². The molecule has 2 aromatic rings. The second-order valence-corrected chi connectivity index (χ2v) is 5.58. The Morgan fingerprint density at radius 1 is 1.14 bits per heavy atom. The van der Waals surface area contributed by atoms with Crippen molar-refractivity contribution >= 4 is 0 Å². The molecule has 1 aromatic heterocycles. The van der Waals surface area contributed by atoms with Gasteiger partial charge in [-0.05, 0) is 30.9 Å². The van der Waals surface area contributed by atoms with Gasteiger partial charge in [-0.15, -0.1) is 0 Å². The third-order valence-electron chi connectivity index (χ3n) is 3.99. The Morgan fingerprint density at radius 2 is 1.86 bits per heavy atom. The van der Waals surface area contributed by atoms with Gasteiger partial charge >= 0.3 is 0 Å². The molecule has 2 atom stereocenters. The number of aromatic nitrogens is 2. The van der Waals surface area contributed by atoms with Crippen LogP contribution in [0, 0.1) is 17.6 Å². The highest BCUT2D eigenvalue weighted by atomic mass is 19.1. The fraction of sp³-hybridized carbons (Fsp3) is 0.467. The molecule has 4 nitrogen and oxygen atoms in total. The first-order valence-corrected chi connectivity index (χ1v) is 7.16. The van der Waals surface area contributed by atoms with Gasteiger partial charge in [-0.2, -0.15) is 4.98 Å². The molecule has 3 rings (SSSR count). The van der Waals surface area contributed by atoms with E-state index in [1.165, 1.54) is 12.1 Å². The van der Waals surface area contributed by atoms with E-state index in [-0.39, 0.29) is 17.4 Å². The number of halogens is 2. The lowest BCUT2D eigenvalue weighted by Crippen LogP contribution is -2.34. The molecule has 1 aliphatic carbocycles. The Balaban J connectivity index is 1.76. The van der Waals surface area contributed by atoms with Crippen LogP contribution >= 0.6 is 0 Å². The number of nitrogens with two attached hydrogens (primary N) is 1. The molecule has 2 unspecified atom stereocenters. The third kappa shape index (κ3) is 3.26. The zero-order valence-corrected chi connectivity index (χ0v) is 11.6. The first kappa shape index (κ1) is 14.1. The Kier molecular flexibility index (Phi) is 3.96. The summed E-state index contributed by atoms with van der Waals surface area (Å²) in [7, 11) is 0. The molecule has 1 saturated carbocycles. The Labute approximate surface area is 121 Å². The zero-order valence-electron chi connectivity index (χ0n) is 11.6.